The van der Waals surface area contributed by atoms with Crippen LogP contribution in [0.4, 0.5) is 8.78 Å². The Morgan fingerprint density at radius 2 is 1.78 bits per heavy atom. The van der Waals surface area contributed by atoms with Gasteiger partial charge in [-0.3, -0.25) is 4.79 Å². The number of fused-ring (bicyclic) bond motifs is 1. The maximum atomic E-state index is 13.2. The zero-order valence-electron chi connectivity index (χ0n) is 9.00. The van der Waals surface area contributed by atoms with Gasteiger partial charge in [-0.1, -0.05) is 0 Å². The lowest BCUT2D eigenvalue weighted by Crippen LogP contribution is -2.05. The topological polar surface area (TPSA) is 61.5 Å². The summed E-state index contributed by atoms with van der Waals surface area (Å²) in [5.74, 6) is -1.39. The van der Waals surface area contributed by atoms with Crippen molar-refractivity contribution in [2.45, 2.75) is 0 Å². The lowest BCUT2D eigenvalue weighted by Gasteiger charge is -1.99. The van der Waals surface area contributed by atoms with Crippen molar-refractivity contribution in [3.8, 4) is 11.1 Å². The smallest absolute Gasteiger partial charge is 0.260 e. The molecule has 4 nitrogen and oxygen atoms in total. The summed E-state index contributed by atoms with van der Waals surface area (Å²) in [5.41, 5.74) is 0.717. The van der Waals surface area contributed by atoms with E-state index in [9.17, 15) is 13.6 Å². The van der Waals surface area contributed by atoms with Crippen LogP contribution in [0, 0.1) is 11.6 Å². The molecule has 0 unspecified atom stereocenters. The van der Waals surface area contributed by atoms with Crippen molar-refractivity contribution in [3.63, 3.8) is 0 Å². The van der Waals surface area contributed by atoms with Crippen LogP contribution in [0.1, 0.15) is 0 Å². The first-order valence-corrected chi connectivity index (χ1v) is 5.16. The molecule has 0 saturated heterocycles. The molecule has 0 radical (unpaired) electrons. The Labute approximate surface area is 99.3 Å². The molecule has 3 aromatic rings. The van der Waals surface area contributed by atoms with Crippen LogP contribution in [-0.2, 0) is 0 Å². The SMILES string of the molecule is O=c1[nH]cnc2[nH]cc(-c3cc(F)cc(F)c3)c12. The van der Waals surface area contributed by atoms with E-state index in [2.05, 4.69) is 15.0 Å². The Morgan fingerprint density at radius 3 is 2.50 bits per heavy atom. The van der Waals surface area contributed by atoms with E-state index in [0.717, 1.165) is 18.2 Å². The van der Waals surface area contributed by atoms with Gasteiger partial charge in [0.1, 0.15) is 17.3 Å². The van der Waals surface area contributed by atoms with E-state index in [-0.39, 0.29) is 16.5 Å². The van der Waals surface area contributed by atoms with Crippen molar-refractivity contribution < 1.29 is 8.78 Å². The van der Waals surface area contributed by atoms with Crippen molar-refractivity contribution in [1.82, 2.24) is 15.0 Å². The van der Waals surface area contributed by atoms with E-state index in [0.29, 0.717) is 11.2 Å². The second-order valence-corrected chi connectivity index (χ2v) is 3.82. The number of nitrogens with one attached hydrogen (secondary N) is 2. The molecule has 0 saturated carbocycles. The fourth-order valence-electron chi connectivity index (χ4n) is 1.91. The third-order valence-electron chi connectivity index (χ3n) is 2.65. The molecule has 0 amide bonds. The Kier molecular flexibility index (Phi) is 2.22. The van der Waals surface area contributed by atoms with Crippen molar-refractivity contribution in [2.24, 2.45) is 0 Å². The molecule has 1 aromatic carbocycles. The zero-order valence-corrected chi connectivity index (χ0v) is 9.00. The second-order valence-electron chi connectivity index (χ2n) is 3.82. The summed E-state index contributed by atoms with van der Waals surface area (Å²) < 4.78 is 26.3. The van der Waals surface area contributed by atoms with Crippen LogP contribution in [0.25, 0.3) is 22.2 Å². The van der Waals surface area contributed by atoms with Crippen molar-refractivity contribution in [1.29, 1.82) is 0 Å². The number of halogens is 2. The lowest BCUT2D eigenvalue weighted by molar-refractivity contribution is 0.584. The average molecular weight is 247 g/mol. The van der Waals surface area contributed by atoms with Crippen molar-refractivity contribution >= 4 is 11.0 Å². The van der Waals surface area contributed by atoms with Gasteiger partial charge >= 0.3 is 0 Å². The van der Waals surface area contributed by atoms with Crippen LogP contribution in [0.3, 0.4) is 0 Å². The highest BCUT2D eigenvalue weighted by atomic mass is 19.1. The predicted octanol–water partition coefficient (Wildman–Crippen LogP) is 2.20. The van der Waals surface area contributed by atoms with Crippen LogP contribution in [0.5, 0.6) is 0 Å². The summed E-state index contributed by atoms with van der Waals surface area (Å²) in [6, 6.07) is 3.11. The third-order valence-corrected chi connectivity index (χ3v) is 2.65. The summed E-state index contributed by atoms with van der Waals surface area (Å²) in [6.45, 7) is 0. The molecule has 0 spiro atoms. The molecule has 0 aliphatic carbocycles. The number of H-pyrrole nitrogens is 2. The minimum absolute atomic E-state index is 0.280. The van der Waals surface area contributed by atoms with E-state index in [1.165, 1.54) is 12.5 Å². The average Bonchev–Trinajstić information content (AvgIpc) is 2.73. The highest BCUT2D eigenvalue weighted by molar-refractivity contribution is 5.92. The van der Waals surface area contributed by atoms with E-state index in [1.807, 2.05) is 0 Å². The third kappa shape index (κ3) is 1.58. The van der Waals surface area contributed by atoms with Gasteiger partial charge in [0.05, 0.1) is 11.7 Å². The zero-order chi connectivity index (χ0) is 12.7. The Morgan fingerprint density at radius 1 is 1.06 bits per heavy atom. The first-order valence-electron chi connectivity index (χ1n) is 5.16. The summed E-state index contributed by atoms with van der Waals surface area (Å²) in [4.78, 5) is 20.9. The number of aromatic nitrogens is 3. The van der Waals surface area contributed by atoms with Crippen molar-refractivity contribution in [3.05, 3.63) is 52.7 Å². The van der Waals surface area contributed by atoms with Gasteiger partial charge in [-0.15, -0.1) is 0 Å². The van der Waals surface area contributed by atoms with Gasteiger partial charge in [-0.25, -0.2) is 13.8 Å². The standard InChI is InChI=1S/C12H7F2N3O/c13-7-1-6(2-8(14)3-7)9-4-15-11-10(9)12(18)17-5-16-11/h1-5H,(H2,15,16,17,18). The largest absolute Gasteiger partial charge is 0.345 e. The molecule has 6 heteroatoms. The van der Waals surface area contributed by atoms with E-state index < -0.39 is 11.6 Å². The van der Waals surface area contributed by atoms with Gasteiger partial charge < -0.3 is 9.97 Å². The van der Waals surface area contributed by atoms with Gasteiger partial charge in [0.2, 0.25) is 0 Å². The van der Waals surface area contributed by atoms with Gasteiger partial charge in [0.15, 0.2) is 0 Å². The fourth-order valence-corrected chi connectivity index (χ4v) is 1.91. The molecule has 3 rings (SSSR count). The first-order chi connectivity index (χ1) is 8.65. The molecule has 0 fully saturated rings. The molecule has 0 aliphatic rings. The summed E-state index contributed by atoms with van der Waals surface area (Å²) >= 11 is 0. The molecule has 2 N–H and O–H groups in total. The number of benzene rings is 1. The lowest BCUT2D eigenvalue weighted by atomic mass is 10.1. The van der Waals surface area contributed by atoms with Crippen LogP contribution in [0.15, 0.2) is 35.5 Å². The predicted molar refractivity (Wildman–Crippen MR) is 62.1 cm³/mol. The quantitative estimate of drug-likeness (QED) is 0.692. The van der Waals surface area contributed by atoms with E-state index in [1.54, 1.807) is 0 Å². The normalized spacial score (nSPS) is 11.0. The van der Waals surface area contributed by atoms with Crippen LogP contribution in [-0.4, -0.2) is 15.0 Å². The molecule has 0 aliphatic heterocycles. The van der Waals surface area contributed by atoms with Gasteiger partial charge in [-0.2, -0.15) is 0 Å². The monoisotopic (exact) mass is 247 g/mol. The van der Waals surface area contributed by atoms with Crippen LogP contribution < -0.4 is 5.56 Å². The summed E-state index contributed by atoms with van der Waals surface area (Å²) in [6.07, 6.45) is 2.76. The number of nitrogens with zero attached hydrogens (tertiary/aromatic N) is 1. The Hall–Kier alpha value is -2.50. The first kappa shape index (κ1) is 10.6. The van der Waals surface area contributed by atoms with Crippen molar-refractivity contribution in [2.75, 3.05) is 0 Å². The van der Waals surface area contributed by atoms with Gasteiger partial charge in [0.25, 0.3) is 5.56 Å². The Balaban J connectivity index is 2.35. The van der Waals surface area contributed by atoms with Crippen LogP contribution >= 0.6 is 0 Å². The minimum atomic E-state index is -0.695. The van der Waals surface area contributed by atoms with Gasteiger partial charge in [0, 0.05) is 17.8 Å². The summed E-state index contributed by atoms with van der Waals surface area (Å²) in [5, 5.41) is 0.280. The number of hydrogen-bond acceptors (Lipinski definition) is 2. The highest BCUT2D eigenvalue weighted by Gasteiger charge is 2.12. The Bertz CT molecular complexity index is 771. The van der Waals surface area contributed by atoms with Gasteiger partial charge in [-0.05, 0) is 17.7 Å². The number of aromatic amines is 2. The van der Waals surface area contributed by atoms with E-state index in [4.69, 9.17) is 0 Å². The van der Waals surface area contributed by atoms with Crippen LogP contribution in [0.2, 0.25) is 0 Å². The molecule has 0 bridgehead atoms. The fraction of sp³-hybridized carbons (Fsp3) is 0. The van der Waals surface area contributed by atoms with E-state index >= 15 is 0 Å². The highest BCUT2D eigenvalue weighted by Crippen LogP contribution is 2.26. The minimum Gasteiger partial charge on any atom is -0.345 e. The molecule has 2 aromatic heterocycles. The molecular weight excluding hydrogens is 240 g/mol. The molecular formula is C12H7F2N3O. The summed E-state index contributed by atoms with van der Waals surface area (Å²) in [7, 11) is 0. The molecule has 18 heavy (non-hydrogen) atoms. The maximum absolute atomic E-state index is 13.2. The molecule has 0 atom stereocenters. The number of hydrogen-bond donors (Lipinski definition) is 2. The molecule has 90 valence electrons. The maximum Gasteiger partial charge on any atom is 0.260 e. The molecule has 2 heterocycles. The second kappa shape index (κ2) is 3.76. The number of rotatable bonds is 1.